The van der Waals surface area contributed by atoms with Crippen molar-refractivity contribution in [3.63, 3.8) is 0 Å². The minimum absolute atomic E-state index is 0.177. The molecule has 0 saturated carbocycles. The van der Waals surface area contributed by atoms with Crippen LogP contribution in [0.1, 0.15) is 29.4 Å². The number of benzene rings is 1. The summed E-state index contributed by atoms with van der Waals surface area (Å²) in [6, 6.07) is 6.13. The second-order valence-corrected chi connectivity index (χ2v) is 6.50. The van der Waals surface area contributed by atoms with Crippen molar-refractivity contribution in [3.8, 4) is 0 Å². The molecule has 0 fully saturated rings. The first kappa shape index (κ1) is 17.2. The number of fused-ring (bicyclic) bond motifs is 1. The van der Waals surface area contributed by atoms with Crippen LogP contribution in [-0.4, -0.2) is 28.8 Å². The summed E-state index contributed by atoms with van der Waals surface area (Å²) in [5.41, 5.74) is 8.08. The third-order valence-corrected chi connectivity index (χ3v) is 4.72. The van der Waals surface area contributed by atoms with E-state index in [2.05, 4.69) is 40.4 Å². The average molecular weight is 356 g/mol. The molecular weight excluding hydrogens is 336 g/mol. The SMILES string of the molecule is CCOC(=O)Cc1csc(NN=Cc2cccc3c(C)c(C)[nH]c23)n1. The van der Waals surface area contributed by atoms with E-state index in [9.17, 15) is 4.79 Å². The number of H-pyrrole nitrogens is 1. The molecule has 3 aromatic rings. The van der Waals surface area contributed by atoms with Gasteiger partial charge in [-0.15, -0.1) is 11.3 Å². The van der Waals surface area contributed by atoms with Gasteiger partial charge in [-0.1, -0.05) is 18.2 Å². The Labute approximate surface area is 149 Å². The summed E-state index contributed by atoms with van der Waals surface area (Å²) >= 11 is 1.40. The Balaban J connectivity index is 1.69. The zero-order valence-corrected chi connectivity index (χ0v) is 15.2. The van der Waals surface area contributed by atoms with Crippen molar-refractivity contribution in [1.82, 2.24) is 9.97 Å². The predicted molar refractivity (Wildman–Crippen MR) is 101 cm³/mol. The van der Waals surface area contributed by atoms with Gasteiger partial charge in [-0.3, -0.25) is 10.2 Å². The number of ether oxygens (including phenoxy) is 1. The topological polar surface area (TPSA) is 79.4 Å². The number of aromatic nitrogens is 2. The predicted octanol–water partition coefficient (Wildman–Crippen LogP) is 3.79. The number of aromatic amines is 1. The molecule has 0 atom stereocenters. The molecule has 0 saturated heterocycles. The van der Waals surface area contributed by atoms with E-state index in [4.69, 9.17) is 4.74 Å². The van der Waals surface area contributed by atoms with Gasteiger partial charge in [0.1, 0.15) is 0 Å². The van der Waals surface area contributed by atoms with E-state index in [-0.39, 0.29) is 12.4 Å². The molecule has 7 heteroatoms. The van der Waals surface area contributed by atoms with Crippen LogP contribution in [0.5, 0.6) is 0 Å². The summed E-state index contributed by atoms with van der Waals surface area (Å²) in [5, 5.41) is 7.93. The highest BCUT2D eigenvalue weighted by atomic mass is 32.1. The molecule has 0 unspecified atom stereocenters. The van der Waals surface area contributed by atoms with Crippen molar-refractivity contribution in [1.29, 1.82) is 0 Å². The molecule has 130 valence electrons. The molecule has 0 spiro atoms. The van der Waals surface area contributed by atoms with Gasteiger partial charge in [0.15, 0.2) is 0 Å². The van der Waals surface area contributed by atoms with Crippen molar-refractivity contribution < 1.29 is 9.53 Å². The molecule has 0 radical (unpaired) electrons. The summed E-state index contributed by atoms with van der Waals surface area (Å²) in [5.74, 6) is -0.271. The van der Waals surface area contributed by atoms with E-state index >= 15 is 0 Å². The van der Waals surface area contributed by atoms with E-state index in [1.165, 1.54) is 22.3 Å². The number of hydrogen-bond acceptors (Lipinski definition) is 6. The van der Waals surface area contributed by atoms with Crippen LogP contribution >= 0.6 is 11.3 Å². The lowest BCUT2D eigenvalue weighted by atomic mass is 10.1. The van der Waals surface area contributed by atoms with Gasteiger partial charge < -0.3 is 9.72 Å². The van der Waals surface area contributed by atoms with Crippen LogP contribution in [0.4, 0.5) is 5.13 Å². The Morgan fingerprint density at radius 3 is 3.08 bits per heavy atom. The number of aryl methyl sites for hydroxylation is 2. The van der Waals surface area contributed by atoms with E-state index in [1.54, 1.807) is 13.1 Å². The minimum Gasteiger partial charge on any atom is -0.466 e. The third kappa shape index (κ3) is 3.88. The number of para-hydroxylation sites is 1. The smallest absolute Gasteiger partial charge is 0.311 e. The van der Waals surface area contributed by atoms with Crippen LogP contribution in [0.3, 0.4) is 0 Å². The summed E-state index contributed by atoms with van der Waals surface area (Å²) in [7, 11) is 0. The first-order valence-electron chi connectivity index (χ1n) is 8.05. The largest absolute Gasteiger partial charge is 0.466 e. The highest BCUT2D eigenvalue weighted by Gasteiger charge is 2.08. The molecule has 0 amide bonds. The fourth-order valence-corrected chi connectivity index (χ4v) is 3.23. The maximum atomic E-state index is 11.5. The number of esters is 1. The van der Waals surface area contributed by atoms with Gasteiger partial charge in [0.25, 0.3) is 0 Å². The molecule has 0 aliphatic carbocycles. The fourth-order valence-electron chi connectivity index (χ4n) is 2.57. The van der Waals surface area contributed by atoms with Gasteiger partial charge in [-0.25, -0.2) is 4.98 Å². The highest BCUT2D eigenvalue weighted by molar-refractivity contribution is 7.13. The summed E-state index contributed by atoms with van der Waals surface area (Å²) < 4.78 is 4.92. The van der Waals surface area contributed by atoms with E-state index in [0.29, 0.717) is 17.4 Å². The molecule has 0 aliphatic heterocycles. The van der Waals surface area contributed by atoms with Gasteiger partial charge in [0.2, 0.25) is 5.13 Å². The maximum absolute atomic E-state index is 11.5. The first-order valence-corrected chi connectivity index (χ1v) is 8.93. The fraction of sp³-hybridized carbons (Fsp3) is 0.278. The van der Waals surface area contributed by atoms with Crippen molar-refractivity contribution in [2.75, 3.05) is 12.0 Å². The molecule has 25 heavy (non-hydrogen) atoms. The van der Waals surface area contributed by atoms with Gasteiger partial charge >= 0.3 is 5.97 Å². The number of hydrogen-bond donors (Lipinski definition) is 2. The lowest BCUT2D eigenvalue weighted by Crippen LogP contribution is -2.07. The Morgan fingerprint density at radius 2 is 2.28 bits per heavy atom. The second-order valence-electron chi connectivity index (χ2n) is 5.64. The van der Waals surface area contributed by atoms with Crippen LogP contribution in [-0.2, 0) is 16.0 Å². The molecule has 6 nitrogen and oxygen atoms in total. The molecule has 2 heterocycles. The van der Waals surface area contributed by atoms with E-state index in [1.807, 2.05) is 17.5 Å². The second kappa shape index (κ2) is 7.48. The zero-order chi connectivity index (χ0) is 17.8. The third-order valence-electron chi connectivity index (χ3n) is 3.92. The molecule has 2 N–H and O–H groups in total. The van der Waals surface area contributed by atoms with Crippen molar-refractivity contribution in [3.05, 3.63) is 46.1 Å². The summed E-state index contributed by atoms with van der Waals surface area (Å²) in [6.07, 6.45) is 1.94. The molecular formula is C18H20N4O2S. The number of nitrogens with zero attached hydrogens (tertiary/aromatic N) is 2. The van der Waals surface area contributed by atoms with Crippen molar-refractivity contribution in [2.45, 2.75) is 27.2 Å². The van der Waals surface area contributed by atoms with Crippen LogP contribution < -0.4 is 5.43 Å². The van der Waals surface area contributed by atoms with Gasteiger partial charge in [-0.2, -0.15) is 5.10 Å². The van der Waals surface area contributed by atoms with Gasteiger partial charge in [-0.05, 0) is 26.3 Å². The lowest BCUT2D eigenvalue weighted by molar-refractivity contribution is -0.142. The van der Waals surface area contributed by atoms with Crippen LogP contribution in [0.15, 0.2) is 28.7 Å². The summed E-state index contributed by atoms with van der Waals surface area (Å²) in [4.78, 5) is 19.2. The molecule has 2 aromatic heterocycles. The van der Waals surface area contributed by atoms with Gasteiger partial charge in [0.05, 0.1) is 30.5 Å². The number of anilines is 1. The average Bonchev–Trinajstić information content (AvgIpc) is 3.14. The molecule has 3 rings (SSSR count). The Hall–Kier alpha value is -2.67. The number of hydrazone groups is 1. The van der Waals surface area contributed by atoms with Crippen LogP contribution in [0.25, 0.3) is 10.9 Å². The monoisotopic (exact) mass is 356 g/mol. The number of carbonyl (C=O) groups is 1. The number of thiazole rings is 1. The Bertz CT molecular complexity index is 926. The lowest BCUT2D eigenvalue weighted by Gasteiger charge is -1.98. The number of rotatable bonds is 6. The van der Waals surface area contributed by atoms with Crippen LogP contribution in [0.2, 0.25) is 0 Å². The summed E-state index contributed by atoms with van der Waals surface area (Å²) in [6.45, 7) is 6.33. The van der Waals surface area contributed by atoms with Gasteiger partial charge in [0, 0.05) is 22.0 Å². The molecule has 1 aromatic carbocycles. The normalized spacial score (nSPS) is 11.3. The van der Waals surface area contributed by atoms with Crippen molar-refractivity contribution in [2.24, 2.45) is 5.10 Å². The molecule has 0 aliphatic rings. The zero-order valence-electron chi connectivity index (χ0n) is 14.4. The van der Waals surface area contributed by atoms with E-state index in [0.717, 1.165) is 16.8 Å². The quantitative estimate of drug-likeness (QED) is 0.400. The van der Waals surface area contributed by atoms with Crippen molar-refractivity contribution >= 4 is 39.6 Å². The standard InChI is InChI=1S/C18H20N4O2S/c1-4-24-16(23)8-14-10-25-18(21-14)22-19-9-13-6-5-7-15-11(2)12(3)20-17(13)15/h5-7,9-10,20H,4,8H2,1-3H3,(H,21,22). The van der Waals surface area contributed by atoms with E-state index < -0.39 is 0 Å². The Kier molecular flexibility index (Phi) is 5.14. The number of carbonyl (C=O) groups excluding carboxylic acids is 1. The number of nitrogens with one attached hydrogen (secondary N) is 2. The highest BCUT2D eigenvalue weighted by Crippen LogP contribution is 2.23. The maximum Gasteiger partial charge on any atom is 0.311 e. The Morgan fingerprint density at radius 1 is 1.44 bits per heavy atom. The minimum atomic E-state index is -0.271. The van der Waals surface area contributed by atoms with Crippen LogP contribution in [0, 0.1) is 13.8 Å². The first-order chi connectivity index (χ1) is 12.1. The molecule has 0 bridgehead atoms.